The van der Waals surface area contributed by atoms with Crippen LogP contribution in [0.2, 0.25) is 0 Å². The third-order valence-electron chi connectivity index (χ3n) is 10.1. The first kappa shape index (κ1) is 28.6. The molecule has 0 radical (unpaired) electrons. The van der Waals surface area contributed by atoms with Gasteiger partial charge in [-0.15, -0.1) is 0 Å². The van der Waals surface area contributed by atoms with E-state index in [0.29, 0.717) is 41.6 Å². The number of fused-ring (bicyclic) bond motifs is 4. The van der Waals surface area contributed by atoms with Crippen LogP contribution in [0, 0.1) is 41.1 Å². The van der Waals surface area contributed by atoms with Crippen molar-refractivity contribution in [2.24, 2.45) is 23.7 Å². The molecule has 5 rings (SSSR count). The van der Waals surface area contributed by atoms with E-state index in [2.05, 4.69) is 13.8 Å². The first-order valence-electron chi connectivity index (χ1n) is 16.0. The Balaban J connectivity index is 1.18. The van der Waals surface area contributed by atoms with E-state index in [1.165, 1.54) is 77.0 Å². The van der Waals surface area contributed by atoms with Gasteiger partial charge in [0.25, 0.3) is 0 Å². The number of halogens is 3. The van der Waals surface area contributed by atoms with E-state index in [4.69, 9.17) is 4.74 Å². The highest BCUT2D eigenvalue weighted by Gasteiger charge is 2.34. The van der Waals surface area contributed by atoms with Crippen molar-refractivity contribution >= 4 is 0 Å². The fourth-order valence-corrected chi connectivity index (χ4v) is 7.55. The maximum atomic E-state index is 15.4. The summed E-state index contributed by atoms with van der Waals surface area (Å²) in [7, 11) is 0. The van der Waals surface area contributed by atoms with E-state index < -0.39 is 17.5 Å². The normalized spacial score (nSPS) is 24.1. The lowest BCUT2D eigenvalue weighted by molar-refractivity contribution is 0.174. The number of hydrogen-bond donors (Lipinski definition) is 0. The third-order valence-corrected chi connectivity index (χ3v) is 10.1. The molecule has 0 amide bonds. The standard InChI is InChI=1S/C35H47F3O/c1-3-5-6-8-24-9-11-25(12-10-24)17-18-27-21-29-28-19-20-30(34(37)31(28)32(29)35(38)33(27)36)39-22-26-15-13-23(7-4-2)14-16-26/h19-21,23-26H,3-18,22H2,1-2H3. The van der Waals surface area contributed by atoms with Gasteiger partial charge >= 0.3 is 0 Å². The highest BCUT2D eigenvalue weighted by atomic mass is 19.2. The van der Waals surface area contributed by atoms with Crippen molar-refractivity contribution in [2.75, 3.05) is 6.61 Å². The van der Waals surface area contributed by atoms with Crippen molar-refractivity contribution in [1.29, 1.82) is 0 Å². The first-order chi connectivity index (χ1) is 19.0. The van der Waals surface area contributed by atoms with Crippen molar-refractivity contribution in [1.82, 2.24) is 0 Å². The predicted octanol–water partition coefficient (Wildman–Crippen LogP) is 11.1. The van der Waals surface area contributed by atoms with Gasteiger partial charge in [-0.05, 0) is 84.2 Å². The highest BCUT2D eigenvalue weighted by molar-refractivity contribution is 6.03. The second kappa shape index (κ2) is 13.1. The van der Waals surface area contributed by atoms with Crippen LogP contribution in [-0.4, -0.2) is 6.61 Å². The molecule has 2 saturated carbocycles. The van der Waals surface area contributed by atoms with Crippen molar-refractivity contribution in [3.63, 3.8) is 0 Å². The lowest BCUT2D eigenvalue weighted by Gasteiger charge is -2.30. The Labute approximate surface area is 233 Å². The monoisotopic (exact) mass is 540 g/mol. The van der Waals surface area contributed by atoms with E-state index in [9.17, 15) is 0 Å². The smallest absolute Gasteiger partial charge is 0.173 e. The summed E-state index contributed by atoms with van der Waals surface area (Å²) in [5.74, 6) is 0.581. The first-order valence-corrected chi connectivity index (χ1v) is 16.0. The Morgan fingerprint density at radius 2 is 1.26 bits per heavy atom. The number of unbranched alkanes of at least 4 members (excludes halogenated alkanes) is 2. The van der Waals surface area contributed by atoms with Gasteiger partial charge in [-0.2, -0.15) is 0 Å². The lowest BCUT2D eigenvalue weighted by Crippen LogP contribution is -2.20. The van der Waals surface area contributed by atoms with Crippen LogP contribution in [0.3, 0.4) is 0 Å². The van der Waals surface area contributed by atoms with Crippen molar-refractivity contribution in [3.8, 4) is 28.0 Å². The fraction of sp³-hybridized carbons (Fsp3) is 0.657. The summed E-state index contributed by atoms with van der Waals surface area (Å²) in [6.07, 6.45) is 18.8. The molecule has 0 spiro atoms. The van der Waals surface area contributed by atoms with E-state index in [1.807, 2.05) is 6.07 Å². The molecule has 0 N–H and O–H groups in total. The Hall–Kier alpha value is -1.97. The van der Waals surface area contributed by atoms with E-state index in [0.717, 1.165) is 31.1 Å². The zero-order chi connectivity index (χ0) is 27.4. The topological polar surface area (TPSA) is 9.23 Å². The molecule has 0 aliphatic heterocycles. The molecule has 0 heterocycles. The van der Waals surface area contributed by atoms with Crippen LogP contribution in [0.25, 0.3) is 22.3 Å². The molecular weight excluding hydrogens is 493 g/mol. The van der Waals surface area contributed by atoms with Crippen molar-refractivity contribution in [2.45, 2.75) is 117 Å². The summed E-state index contributed by atoms with van der Waals surface area (Å²) < 4.78 is 51.7. The van der Waals surface area contributed by atoms with Crippen molar-refractivity contribution in [3.05, 3.63) is 41.2 Å². The summed E-state index contributed by atoms with van der Waals surface area (Å²) in [5.41, 5.74) is 2.00. The minimum atomic E-state index is -0.903. The number of benzene rings is 2. The van der Waals surface area contributed by atoms with Gasteiger partial charge in [-0.3, -0.25) is 0 Å². The van der Waals surface area contributed by atoms with Crippen LogP contribution in [0.1, 0.15) is 116 Å². The van der Waals surface area contributed by atoms with Crippen LogP contribution in [0.15, 0.2) is 18.2 Å². The largest absolute Gasteiger partial charge is 0.490 e. The summed E-state index contributed by atoms with van der Waals surface area (Å²) in [6, 6.07) is 5.25. The average Bonchev–Trinajstić information content (AvgIpc) is 2.94. The molecule has 2 aromatic rings. The Morgan fingerprint density at radius 3 is 1.92 bits per heavy atom. The number of hydrogen-bond acceptors (Lipinski definition) is 1. The van der Waals surface area contributed by atoms with Crippen LogP contribution in [-0.2, 0) is 6.42 Å². The molecule has 4 heteroatoms. The minimum Gasteiger partial charge on any atom is -0.490 e. The molecule has 3 aliphatic rings. The summed E-state index contributed by atoms with van der Waals surface area (Å²) in [5, 5.41) is 0. The Kier molecular flexibility index (Phi) is 9.61. The van der Waals surface area contributed by atoms with E-state index in [-0.39, 0.29) is 16.9 Å². The second-order valence-corrected chi connectivity index (χ2v) is 12.8. The maximum absolute atomic E-state index is 15.4. The summed E-state index contributed by atoms with van der Waals surface area (Å²) >= 11 is 0. The molecule has 0 bridgehead atoms. The fourth-order valence-electron chi connectivity index (χ4n) is 7.55. The molecule has 0 aromatic heterocycles. The van der Waals surface area contributed by atoms with Gasteiger partial charge in [0.15, 0.2) is 23.2 Å². The molecule has 39 heavy (non-hydrogen) atoms. The van der Waals surface area contributed by atoms with Gasteiger partial charge in [0.2, 0.25) is 0 Å². The number of ether oxygens (including phenoxy) is 1. The average molecular weight is 541 g/mol. The maximum Gasteiger partial charge on any atom is 0.173 e. The molecule has 1 nitrogen and oxygen atoms in total. The highest BCUT2D eigenvalue weighted by Crippen LogP contribution is 2.53. The van der Waals surface area contributed by atoms with Gasteiger partial charge < -0.3 is 4.74 Å². The van der Waals surface area contributed by atoms with Gasteiger partial charge in [0.05, 0.1) is 6.61 Å². The zero-order valence-electron chi connectivity index (χ0n) is 24.1. The number of aryl methyl sites for hydroxylation is 1. The van der Waals surface area contributed by atoms with Gasteiger partial charge in [0, 0.05) is 11.1 Å². The van der Waals surface area contributed by atoms with Gasteiger partial charge in [0.1, 0.15) is 0 Å². The quantitative estimate of drug-likeness (QED) is 0.208. The number of rotatable bonds is 12. The van der Waals surface area contributed by atoms with Gasteiger partial charge in [-0.1, -0.05) is 90.9 Å². The van der Waals surface area contributed by atoms with Crippen molar-refractivity contribution < 1.29 is 17.9 Å². The Morgan fingerprint density at radius 1 is 0.641 bits per heavy atom. The molecule has 0 saturated heterocycles. The van der Waals surface area contributed by atoms with Crippen LogP contribution >= 0.6 is 0 Å². The zero-order valence-corrected chi connectivity index (χ0v) is 24.1. The lowest BCUT2D eigenvalue weighted by atomic mass is 9.76. The Bertz CT molecular complexity index is 1110. The predicted molar refractivity (Wildman–Crippen MR) is 155 cm³/mol. The molecule has 2 fully saturated rings. The SMILES string of the molecule is CCCCCC1CCC(CCc2cc3c(c(F)c2F)-c2c-3ccc(OCC3CCC(CCC)CC3)c2F)CC1. The third kappa shape index (κ3) is 6.35. The van der Waals surface area contributed by atoms with Crippen LogP contribution in [0.4, 0.5) is 13.2 Å². The van der Waals surface area contributed by atoms with Gasteiger partial charge in [-0.25, -0.2) is 13.2 Å². The molecule has 0 unspecified atom stereocenters. The molecular formula is C35H47F3O. The van der Waals surface area contributed by atoms with Crippen LogP contribution < -0.4 is 4.74 Å². The molecule has 214 valence electrons. The van der Waals surface area contributed by atoms with Crippen LogP contribution in [0.5, 0.6) is 5.75 Å². The minimum absolute atomic E-state index is 0.0851. The molecule has 0 atom stereocenters. The second-order valence-electron chi connectivity index (χ2n) is 12.8. The molecule has 3 aliphatic carbocycles. The van der Waals surface area contributed by atoms with E-state index >= 15 is 13.2 Å². The molecule has 2 aromatic carbocycles. The van der Waals surface area contributed by atoms with E-state index in [1.54, 1.807) is 12.1 Å². The summed E-state index contributed by atoms with van der Waals surface area (Å²) in [4.78, 5) is 0. The summed E-state index contributed by atoms with van der Waals surface area (Å²) in [6.45, 7) is 4.97.